The van der Waals surface area contributed by atoms with Gasteiger partial charge in [0.25, 0.3) is 0 Å². The standard InChI is InChI=1S/C16H19N/c1-12-15-7-3-4-8-16(15)13(2)17(12)11-5-6-14-9-10-14/h3-4,7-8,14H,1-2,5-6,9-11H2. The van der Waals surface area contributed by atoms with Crippen LogP contribution in [0, 0.1) is 5.92 Å². The lowest BCUT2D eigenvalue weighted by molar-refractivity contribution is 0.566. The molecule has 0 amide bonds. The molecule has 3 rings (SSSR count). The van der Waals surface area contributed by atoms with Crippen LogP contribution < -0.4 is 10.7 Å². The molecule has 1 heterocycles. The van der Waals surface area contributed by atoms with Gasteiger partial charge in [0.2, 0.25) is 0 Å². The summed E-state index contributed by atoms with van der Waals surface area (Å²) < 4.78 is 2.28. The summed E-state index contributed by atoms with van der Waals surface area (Å²) in [5, 5.41) is 4.76. The molecule has 0 bridgehead atoms. The van der Waals surface area contributed by atoms with Crippen LogP contribution in [0.2, 0.25) is 0 Å². The fraction of sp³-hybridized carbons (Fsp3) is 0.375. The van der Waals surface area contributed by atoms with E-state index in [0.717, 1.165) is 23.2 Å². The Hall–Kier alpha value is -1.50. The van der Waals surface area contributed by atoms with Crippen molar-refractivity contribution in [3.8, 4) is 0 Å². The number of hydrogen-bond donors (Lipinski definition) is 0. The highest BCUT2D eigenvalue weighted by Crippen LogP contribution is 2.33. The molecule has 1 aromatic carbocycles. The van der Waals surface area contributed by atoms with Gasteiger partial charge in [-0.05, 0) is 18.8 Å². The Bertz CT molecular complexity index is 584. The molecule has 1 heteroatoms. The predicted octanol–water partition coefficient (Wildman–Crippen LogP) is 2.65. The van der Waals surface area contributed by atoms with Gasteiger partial charge in [-0.25, -0.2) is 0 Å². The van der Waals surface area contributed by atoms with E-state index in [4.69, 9.17) is 0 Å². The molecule has 17 heavy (non-hydrogen) atoms. The van der Waals surface area contributed by atoms with Crippen LogP contribution in [-0.2, 0) is 6.54 Å². The molecule has 0 aliphatic heterocycles. The van der Waals surface area contributed by atoms with Gasteiger partial charge in [-0.1, -0.05) is 50.3 Å². The second kappa shape index (κ2) is 4.06. The molecule has 1 nitrogen and oxygen atoms in total. The van der Waals surface area contributed by atoms with Crippen LogP contribution >= 0.6 is 0 Å². The molecule has 1 saturated carbocycles. The third-order valence-electron chi connectivity index (χ3n) is 3.89. The molecule has 0 radical (unpaired) electrons. The number of hydrogen-bond acceptors (Lipinski definition) is 0. The first-order valence-corrected chi connectivity index (χ1v) is 6.52. The van der Waals surface area contributed by atoms with E-state index in [2.05, 4.69) is 42.0 Å². The van der Waals surface area contributed by atoms with Gasteiger partial charge in [0.1, 0.15) is 0 Å². The Morgan fingerprint density at radius 1 is 1.06 bits per heavy atom. The van der Waals surface area contributed by atoms with Crippen LogP contribution in [0.1, 0.15) is 25.7 Å². The molecule has 1 aliphatic rings. The van der Waals surface area contributed by atoms with E-state index in [1.54, 1.807) is 0 Å². The van der Waals surface area contributed by atoms with Crippen LogP contribution in [0.3, 0.4) is 0 Å². The lowest BCUT2D eigenvalue weighted by Gasteiger charge is -2.03. The van der Waals surface area contributed by atoms with Gasteiger partial charge < -0.3 is 4.57 Å². The third kappa shape index (κ3) is 1.90. The Morgan fingerprint density at radius 2 is 1.65 bits per heavy atom. The summed E-state index contributed by atoms with van der Waals surface area (Å²) in [5.74, 6) is 1.02. The molecule has 1 fully saturated rings. The molecule has 0 atom stereocenters. The van der Waals surface area contributed by atoms with Gasteiger partial charge in [0, 0.05) is 28.0 Å². The van der Waals surface area contributed by atoms with Gasteiger partial charge in [0.15, 0.2) is 0 Å². The van der Waals surface area contributed by atoms with Crippen LogP contribution in [0.5, 0.6) is 0 Å². The van der Waals surface area contributed by atoms with Crippen molar-refractivity contribution < 1.29 is 0 Å². The summed E-state index contributed by atoms with van der Waals surface area (Å²) in [5.41, 5.74) is 0. The van der Waals surface area contributed by atoms with Gasteiger partial charge in [0.05, 0.1) is 0 Å². The highest BCUT2D eigenvalue weighted by Gasteiger charge is 2.20. The average Bonchev–Trinajstić information content (AvgIpc) is 3.13. The second-order valence-electron chi connectivity index (χ2n) is 5.18. The largest absolute Gasteiger partial charge is 0.341 e. The minimum atomic E-state index is 1.02. The summed E-state index contributed by atoms with van der Waals surface area (Å²) in [4.78, 5) is 0. The normalized spacial score (nSPS) is 15.5. The van der Waals surface area contributed by atoms with E-state index in [9.17, 15) is 0 Å². The van der Waals surface area contributed by atoms with Gasteiger partial charge in [-0.2, -0.15) is 0 Å². The minimum absolute atomic E-state index is 1.02. The maximum Gasteiger partial charge on any atom is 0.0418 e. The predicted molar refractivity (Wildman–Crippen MR) is 74.2 cm³/mol. The zero-order chi connectivity index (χ0) is 11.8. The second-order valence-corrected chi connectivity index (χ2v) is 5.18. The number of nitrogens with zero attached hydrogens (tertiary/aromatic N) is 1. The molecule has 1 aromatic heterocycles. The van der Waals surface area contributed by atoms with Crippen molar-refractivity contribution in [2.75, 3.05) is 0 Å². The lowest BCUT2D eigenvalue weighted by atomic mass is 10.2. The third-order valence-corrected chi connectivity index (χ3v) is 3.89. The molecule has 88 valence electrons. The topological polar surface area (TPSA) is 4.93 Å². The van der Waals surface area contributed by atoms with Crippen molar-refractivity contribution in [3.05, 3.63) is 35.0 Å². The number of fused-ring (bicyclic) bond motifs is 1. The summed E-state index contributed by atoms with van der Waals surface area (Å²) in [6, 6.07) is 8.43. The molecular weight excluding hydrogens is 206 g/mol. The van der Waals surface area contributed by atoms with Crippen LogP contribution in [0.15, 0.2) is 24.3 Å². The minimum Gasteiger partial charge on any atom is -0.341 e. The van der Waals surface area contributed by atoms with E-state index in [1.165, 1.54) is 36.5 Å². The van der Waals surface area contributed by atoms with Crippen molar-refractivity contribution in [2.24, 2.45) is 5.92 Å². The summed E-state index contributed by atoms with van der Waals surface area (Å²) >= 11 is 0. The van der Waals surface area contributed by atoms with Gasteiger partial charge in [-0.15, -0.1) is 0 Å². The molecule has 0 unspecified atom stereocenters. The number of benzene rings is 1. The fourth-order valence-electron chi connectivity index (χ4n) is 2.65. The Kier molecular flexibility index (Phi) is 2.54. The van der Waals surface area contributed by atoms with E-state index in [0.29, 0.717) is 0 Å². The smallest absolute Gasteiger partial charge is 0.0418 e. The number of rotatable bonds is 4. The van der Waals surface area contributed by atoms with Crippen molar-refractivity contribution in [1.82, 2.24) is 4.57 Å². The van der Waals surface area contributed by atoms with E-state index in [1.807, 2.05) is 0 Å². The lowest BCUT2D eigenvalue weighted by Crippen LogP contribution is -2.25. The van der Waals surface area contributed by atoms with Crippen LogP contribution in [-0.4, -0.2) is 4.57 Å². The Morgan fingerprint density at radius 3 is 2.18 bits per heavy atom. The zero-order valence-electron chi connectivity index (χ0n) is 10.3. The summed E-state index contributed by atoms with van der Waals surface area (Å²) in [6.45, 7) is 9.48. The monoisotopic (exact) mass is 225 g/mol. The maximum absolute atomic E-state index is 4.21. The van der Waals surface area contributed by atoms with Crippen LogP contribution in [0.25, 0.3) is 23.9 Å². The van der Waals surface area contributed by atoms with Crippen molar-refractivity contribution >= 4 is 23.9 Å². The van der Waals surface area contributed by atoms with Gasteiger partial charge >= 0.3 is 0 Å². The van der Waals surface area contributed by atoms with Gasteiger partial charge in [-0.3, -0.25) is 0 Å². The van der Waals surface area contributed by atoms with Crippen molar-refractivity contribution in [1.29, 1.82) is 0 Å². The van der Waals surface area contributed by atoms with E-state index >= 15 is 0 Å². The maximum atomic E-state index is 4.21. The molecule has 1 aliphatic carbocycles. The Labute approximate surface area is 102 Å². The number of aromatic nitrogens is 1. The molecule has 2 aromatic rings. The first kappa shape index (κ1) is 10.6. The first-order valence-electron chi connectivity index (χ1n) is 6.52. The van der Waals surface area contributed by atoms with Crippen molar-refractivity contribution in [2.45, 2.75) is 32.2 Å². The summed E-state index contributed by atoms with van der Waals surface area (Å²) in [6.07, 6.45) is 5.52. The summed E-state index contributed by atoms with van der Waals surface area (Å²) in [7, 11) is 0. The first-order chi connectivity index (χ1) is 8.27. The Balaban J connectivity index is 1.92. The molecule has 0 saturated heterocycles. The molecule has 0 N–H and O–H groups in total. The molecular formula is C16H19N. The molecule has 0 spiro atoms. The van der Waals surface area contributed by atoms with E-state index < -0.39 is 0 Å². The van der Waals surface area contributed by atoms with Crippen molar-refractivity contribution in [3.63, 3.8) is 0 Å². The highest BCUT2D eigenvalue weighted by atomic mass is 15.0. The van der Waals surface area contributed by atoms with E-state index in [-0.39, 0.29) is 0 Å². The zero-order valence-corrected chi connectivity index (χ0v) is 10.3. The highest BCUT2D eigenvalue weighted by molar-refractivity contribution is 5.83. The average molecular weight is 225 g/mol. The van der Waals surface area contributed by atoms with Crippen LogP contribution in [0.4, 0.5) is 0 Å². The fourth-order valence-corrected chi connectivity index (χ4v) is 2.65. The quantitative estimate of drug-likeness (QED) is 0.754. The SMILES string of the molecule is C=c1c2ccccc2c(=C)n1CCCC1CC1.